The van der Waals surface area contributed by atoms with E-state index in [0.29, 0.717) is 6.54 Å². The zero-order chi connectivity index (χ0) is 14.8. The van der Waals surface area contributed by atoms with Crippen LogP contribution in [0.1, 0.15) is 25.0 Å². The van der Waals surface area contributed by atoms with Crippen molar-refractivity contribution in [2.75, 3.05) is 13.2 Å². The second-order valence-electron chi connectivity index (χ2n) is 4.01. The summed E-state index contributed by atoms with van der Waals surface area (Å²) in [6.45, 7) is 3.99. The van der Waals surface area contributed by atoms with E-state index in [4.69, 9.17) is 4.84 Å². The van der Waals surface area contributed by atoms with Crippen molar-refractivity contribution in [3.05, 3.63) is 35.4 Å². The number of benzene rings is 1. The van der Waals surface area contributed by atoms with Gasteiger partial charge in [-0.2, -0.15) is 0 Å². The molecule has 0 spiro atoms. The first kappa shape index (κ1) is 15.7. The average molecular weight is 277 g/mol. The van der Waals surface area contributed by atoms with Gasteiger partial charge in [0.2, 0.25) is 0 Å². The third-order valence-electron chi connectivity index (χ3n) is 2.45. The van der Waals surface area contributed by atoms with Crippen LogP contribution in [0.25, 0.3) is 0 Å². The first-order valence-corrected chi connectivity index (χ1v) is 6.47. The van der Waals surface area contributed by atoms with Crippen LogP contribution in [0.2, 0.25) is 0 Å². The van der Waals surface area contributed by atoms with Crippen LogP contribution in [0.3, 0.4) is 0 Å². The number of hydrogen-bond acceptors (Lipinski definition) is 4. The van der Waals surface area contributed by atoms with Gasteiger partial charge in [0.15, 0.2) is 6.61 Å². The zero-order valence-corrected chi connectivity index (χ0v) is 11.7. The molecule has 0 saturated carbocycles. The molecule has 1 rings (SSSR count). The van der Waals surface area contributed by atoms with E-state index < -0.39 is 11.9 Å². The van der Waals surface area contributed by atoms with Gasteiger partial charge < -0.3 is 10.2 Å². The van der Waals surface area contributed by atoms with Gasteiger partial charge in [0.1, 0.15) is 0 Å². The van der Waals surface area contributed by atoms with Crippen LogP contribution in [-0.2, 0) is 16.1 Å². The Kier molecular flexibility index (Phi) is 6.81. The van der Waals surface area contributed by atoms with E-state index in [9.17, 15) is 9.59 Å². The summed E-state index contributed by atoms with van der Waals surface area (Å²) < 4.78 is 0. The molecule has 0 heterocycles. The molecule has 0 aromatic heterocycles. The average Bonchev–Trinajstić information content (AvgIpc) is 2.44. The summed E-state index contributed by atoms with van der Waals surface area (Å²) in [5, 5.41) is 8.22. The Morgan fingerprint density at radius 2 is 1.95 bits per heavy atom. The molecule has 0 radical (unpaired) electrons. The fourth-order valence-corrected chi connectivity index (χ4v) is 1.40. The quantitative estimate of drug-likeness (QED) is 0.610. The van der Waals surface area contributed by atoms with Crippen molar-refractivity contribution in [2.24, 2.45) is 5.16 Å². The molecule has 3 amide bonds. The number of rotatable bonds is 6. The fraction of sp³-hybridized carbons (Fsp3) is 0.357. The highest BCUT2D eigenvalue weighted by Gasteiger charge is 2.05. The van der Waals surface area contributed by atoms with E-state index in [2.05, 4.69) is 22.7 Å². The summed E-state index contributed by atoms with van der Waals surface area (Å²) in [6.07, 6.45) is 2.49. The lowest BCUT2D eigenvalue weighted by molar-refractivity contribution is -0.124. The number of nitrogens with one attached hydrogen (secondary N) is 2. The summed E-state index contributed by atoms with van der Waals surface area (Å²) in [5.74, 6) is -0.547. The molecule has 0 saturated heterocycles. The van der Waals surface area contributed by atoms with E-state index in [1.807, 2.05) is 24.3 Å². The molecule has 2 N–H and O–H groups in total. The molecule has 0 aliphatic carbocycles. The lowest BCUT2D eigenvalue weighted by Gasteiger charge is -2.03. The topological polar surface area (TPSA) is 79.8 Å². The molecule has 20 heavy (non-hydrogen) atoms. The first-order chi connectivity index (χ1) is 9.65. The summed E-state index contributed by atoms with van der Waals surface area (Å²) in [4.78, 5) is 27.1. The molecular weight excluding hydrogens is 258 g/mol. The maximum absolute atomic E-state index is 11.3. The number of carbonyl (C=O) groups is 2. The van der Waals surface area contributed by atoms with Crippen molar-refractivity contribution in [1.82, 2.24) is 10.6 Å². The van der Waals surface area contributed by atoms with Crippen LogP contribution in [-0.4, -0.2) is 31.3 Å². The van der Waals surface area contributed by atoms with Gasteiger partial charge in [-0.15, -0.1) is 0 Å². The number of hydrogen-bond donors (Lipinski definition) is 2. The van der Waals surface area contributed by atoms with Crippen LogP contribution in [0, 0.1) is 0 Å². The molecule has 0 unspecified atom stereocenters. The Bertz CT molecular complexity index is 469. The molecular formula is C14H19N3O3. The number of urea groups is 1. The maximum atomic E-state index is 11.3. The van der Waals surface area contributed by atoms with Gasteiger partial charge in [0.25, 0.3) is 5.91 Å². The first-order valence-electron chi connectivity index (χ1n) is 6.47. The predicted octanol–water partition coefficient (Wildman–Crippen LogP) is 1.45. The standard InChI is InChI=1S/C14H19N3O3/c1-3-11-5-7-12(8-6-11)9-16-20-10-13(18)17-14(19)15-4-2/h5-9H,3-4,10H2,1-2H3,(H2,15,17,18,19)/b16-9-. The largest absolute Gasteiger partial charge is 0.386 e. The second-order valence-corrected chi connectivity index (χ2v) is 4.01. The molecule has 1 aromatic rings. The SMILES string of the molecule is CCNC(=O)NC(=O)CO/N=C\c1ccc(CC)cc1. The summed E-state index contributed by atoms with van der Waals surface area (Å²) in [6, 6.07) is 7.30. The molecule has 0 bridgehead atoms. The smallest absolute Gasteiger partial charge is 0.321 e. The predicted molar refractivity (Wildman–Crippen MR) is 76.6 cm³/mol. The van der Waals surface area contributed by atoms with Gasteiger partial charge in [-0.1, -0.05) is 36.3 Å². The number of oxime groups is 1. The Morgan fingerprint density at radius 1 is 1.25 bits per heavy atom. The molecule has 0 atom stereocenters. The van der Waals surface area contributed by atoms with Gasteiger partial charge in [0.05, 0.1) is 6.21 Å². The third-order valence-corrected chi connectivity index (χ3v) is 2.45. The van der Waals surface area contributed by atoms with E-state index in [1.165, 1.54) is 11.8 Å². The minimum atomic E-state index is -0.547. The highest BCUT2D eigenvalue weighted by molar-refractivity contribution is 5.94. The minimum absolute atomic E-state index is 0.305. The van der Waals surface area contributed by atoms with Gasteiger partial charge >= 0.3 is 6.03 Å². The van der Waals surface area contributed by atoms with Crippen LogP contribution >= 0.6 is 0 Å². The monoisotopic (exact) mass is 277 g/mol. The van der Waals surface area contributed by atoms with Gasteiger partial charge in [0, 0.05) is 6.54 Å². The van der Waals surface area contributed by atoms with Crippen molar-refractivity contribution in [1.29, 1.82) is 0 Å². The zero-order valence-electron chi connectivity index (χ0n) is 11.7. The number of nitrogens with zero attached hydrogens (tertiary/aromatic N) is 1. The maximum Gasteiger partial charge on any atom is 0.321 e. The fourth-order valence-electron chi connectivity index (χ4n) is 1.40. The van der Waals surface area contributed by atoms with Crippen LogP contribution in [0.15, 0.2) is 29.4 Å². The van der Waals surface area contributed by atoms with Crippen LogP contribution < -0.4 is 10.6 Å². The van der Waals surface area contributed by atoms with E-state index in [1.54, 1.807) is 6.92 Å². The van der Waals surface area contributed by atoms with Crippen molar-refractivity contribution < 1.29 is 14.4 Å². The number of aryl methyl sites for hydroxylation is 1. The van der Waals surface area contributed by atoms with Crippen LogP contribution in [0.5, 0.6) is 0 Å². The lowest BCUT2D eigenvalue weighted by Crippen LogP contribution is -2.40. The number of amides is 3. The van der Waals surface area contributed by atoms with Crippen molar-refractivity contribution in [3.8, 4) is 0 Å². The Morgan fingerprint density at radius 3 is 2.55 bits per heavy atom. The Hall–Kier alpha value is -2.37. The third kappa shape index (κ3) is 5.99. The number of carbonyl (C=O) groups excluding carboxylic acids is 2. The molecule has 1 aromatic carbocycles. The lowest BCUT2D eigenvalue weighted by atomic mass is 10.1. The minimum Gasteiger partial charge on any atom is -0.386 e. The Labute approximate surface area is 118 Å². The van der Waals surface area contributed by atoms with Gasteiger partial charge in [-0.3, -0.25) is 10.1 Å². The van der Waals surface area contributed by atoms with Gasteiger partial charge in [-0.05, 0) is 24.5 Å². The molecule has 0 aliphatic heterocycles. The van der Waals surface area contributed by atoms with Crippen molar-refractivity contribution in [2.45, 2.75) is 20.3 Å². The molecule has 108 valence electrons. The van der Waals surface area contributed by atoms with Crippen molar-refractivity contribution >= 4 is 18.2 Å². The van der Waals surface area contributed by atoms with Crippen LogP contribution in [0.4, 0.5) is 4.79 Å². The summed E-state index contributed by atoms with van der Waals surface area (Å²) in [7, 11) is 0. The Balaban J connectivity index is 2.30. The van der Waals surface area contributed by atoms with E-state index in [0.717, 1.165) is 12.0 Å². The second kappa shape index (κ2) is 8.68. The number of imide groups is 1. The summed E-state index contributed by atoms with van der Waals surface area (Å²) >= 11 is 0. The molecule has 0 aliphatic rings. The molecule has 6 nitrogen and oxygen atoms in total. The molecule has 0 fully saturated rings. The normalized spacial score (nSPS) is 10.3. The molecule has 6 heteroatoms. The van der Waals surface area contributed by atoms with E-state index in [-0.39, 0.29) is 6.61 Å². The van der Waals surface area contributed by atoms with Crippen molar-refractivity contribution in [3.63, 3.8) is 0 Å². The summed E-state index contributed by atoms with van der Waals surface area (Å²) in [5.41, 5.74) is 2.12. The van der Waals surface area contributed by atoms with E-state index >= 15 is 0 Å². The highest BCUT2D eigenvalue weighted by Crippen LogP contribution is 2.02. The highest BCUT2D eigenvalue weighted by atomic mass is 16.6. The van der Waals surface area contributed by atoms with Gasteiger partial charge in [-0.25, -0.2) is 4.79 Å².